The number of amides is 1. The molecule has 240 valence electrons. The van der Waals surface area contributed by atoms with E-state index in [2.05, 4.69) is 57.0 Å². The molecule has 1 aliphatic rings. The quantitative estimate of drug-likeness (QED) is 0.117. The number of hydrogen-bond donors (Lipinski definition) is 3. The van der Waals surface area contributed by atoms with Crippen molar-refractivity contribution in [1.82, 2.24) is 25.5 Å². The van der Waals surface area contributed by atoms with Crippen molar-refractivity contribution in [1.29, 1.82) is 5.26 Å². The van der Waals surface area contributed by atoms with Gasteiger partial charge in [-0.2, -0.15) is 36.8 Å². The Morgan fingerprint density at radius 3 is 2.07 bits per heavy atom. The summed E-state index contributed by atoms with van der Waals surface area (Å²) >= 11 is 0. The first-order chi connectivity index (χ1) is 21.0. The molecule has 10 nitrogen and oxygen atoms in total. The summed E-state index contributed by atoms with van der Waals surface area (Å²) in [5.74, 6) is -0.315. The Morgan fingerprint density at radius 2 is 1.58 bits per heavy atom. The van der Waals surface area contributed by atoms with E-state index < -0.39 is 35.1 Å². The molecule has 16 heteroatoms. The number of benzene rings is 2. The summed E-state index contributed by atoms with van der Waals surface area (Å²) in [6.07, 6.45) is -5.53. The highest BCUT2D eigenvalue weighted by molar-refractivity contribution is 6.03. The van der Waals surface area contributed by atoms with Crippen molar-refractivity contribution in [2.75, 3.05) is 10.6 Å². The maximum absolute atomic E-state index is 13.6. The molecule has 1 saturated carbocycles. The first-order valence-corrected chi connectivity index (χ1v) is 14.0. The van der Waals surface area contributed by atoms with Gasteiger partial charge in [-0.15, -0.1) is 10.1 Å². The number of tetrazole rings is 1. The number of carbonyl (C=O) groups is 1. The molecule has 1 aromatic heterocycles. The topological polar surface area (TPSA) is 135 Å². The predicted molar refractivity (Wildman–Crippen MR) is 152 cm³/mol. The lowest BCUT2D eigenvalue weighted by molar-refractivity contribution is -0.143. The third-order valence-electron chi connectivity index (χ3n) is 7.77. The van der Waals surface area contributed by atoms with Gasteiger partial charge in [0.05, 0.1) is 11.1 Å². The number of alkyl halides is 6. The number of nitrogens with zero attached hydrogens (tertiary/aromatic N) is 6. The van der Waals surface area contributed by atoms with Gasteiger partial charge in [0.1, 0.15) is 0 Å². The minimum Gasteiger partial charge on any atom is -0.334 e. The Bertz CT molecular complexity index is 1500. The van der Waals surface area contributed by atoms with Crippen molar-refractivity contribution in [3.8, 4) is 6.19 Å². The molecule has 45 heavy (non-hydrogen) atoms. The standard InChI is InChI=1S/C29H31F6N9O/c1-27(2,3)19-8-10-23(11-9-19)44(15-17-4-6-18(7-5-17)24(45)39-25-40-42-43-41-25)26(37-16-36)38-22-13-20(28(30,31)32)12-21(14-22)29(33,34)35/h4-7,12-14,19,23H,8-11,15H2,1-3H3,(H,37,38)(H2,39,40,41,42,43,45)/t19-,23-. The summed E-state index contributed by atoms with van der Waals surface area (Å²) in [5.41, 5.74) is -2.55. The number of aliphatic imine (C=N–C) groups is 1. The lowest BCUT2D eigenvalue weighted by Crippen LogP contribution is -2.46. The Hall–Kier alpha value is -4.68. The third-order valence-corrected chi connectivity index (χ3v) is 7.77. The molecule has 3 aromatic rings. The molecule has 0 saturated heterocycles. The second-order valence-electron chi connectivity index (χ2n) is 11.8. The minimum absolute atomic E-state index is 0.0205. The third kappa shape index (κ3) is 8.70. The average molecular weight is 636 g/mol. The van der Waals surface area contributed by atoms with Gasteiger partial charge in [0, 0.05) is 23.8 Å². The van der Waals surface area contributed by atoms with Crippen molar-refractivity contribution in [2.24, 2.45) is 16.3 Å². The van der Waals surface area contributed by atoms with Gasteiger partial charge in [-0.25, -0.2) is 0 Å². The fraction of sp³-hybridized carbons (Fsp3) is 0.448. The minimum atomic E-state index is -5.05. The molecule has 0 atom stereocenters. The smallest absolute Gasteiger partial charge is 0.334 e. The van der Waals surface area contributed by atoms with E-state index in [1.807, 2.05) is 0 Å². The molecule has 2 aromatic carbocycles. The van der Waals surface area contributed by atoms with Crippen molar-refractivity contribution in [2.45, 2.75) is 71.4 Å². The van der Waals surface area contributed by atoms with E-state index in [0.29, 0.717) is 36.5 Å². The van der Waals surface area contributed by atoms with Gasteiger partial charge in [0.2, 0.25) is 12.2 Å². The molecule has 0 bridgehead atoms. The van der Waals surface area contributed by atoms with Gasteiger partial charge in [0.15, 0.2) is 0 Å². The second-order valence-corrected chi connectivity index (χ2v) is 11.8. The van der Waals surface area contributed by atoms with Gasteiger partial charge in [-0.1, -0.05) is 38.0 Å². The van der Waals surface area contributed by atoms with Gasteiger partial charge in [-0.3, -0.25) is 10.1 Å². The zero-order valence-corrected chi connectivity index (χ0v) is 24.6. The molecule has 1 fully saturated rings. The number of anilines is 2. The Morgan fingerprint density at radius 1 is 0.978 bits per heavy atom. The highest BCUT2D eigenvalue weighted by Crippen LogP contribution is 2.40. The molecule has 0 unspecified atom stereocenters. The van der Waals surface area contributed by atoms with Gasteiger partial charge < -0.3 is 10.2 Å². The molecule has 1 aliphatic carbocycles. The SMILES string of the molecule is CC(C)(C)[C@H]1CC[C@H](N(Cc2ccc(C(=O)Nc3nn[nH]n3)cc2)/C(=N\C#N)Nc2cc(C(F)(F)F)cc(C(F)(F)F)c2)CC1. The first kappa shape index (κ1) is 33.2. The van der Waals surface area contributed by atoms with Crippen molar-refractivity contribution >= 4 is 23.5 Å². The Labute approximate surface area is 254 Å². The van der Waals surface area contributed by atoms with Crippen LogP contribution in [0.4, 0.5) is 38.0 Å². The van der Waals surface area contributed by atoms with E-state index in [0.717, 1.165) is 12.8 Å². The number of carbonyl (C=O) groups excluding carboxylic acids is 1. The first-order valence-electron chi connectivity index (χ1n) is 14.0. The van der Waals surface area contributed by atoms with E-state index >= 15 is 0 Å². The average Bonchev–Trinajstić information content (AvgIpc) is 3.48. The van der Waals surface area contributed by atoms with Crippen LogP contribution in [0.25, 0.3) is 0 Å². The molecule has 1 heterocycles. The highest BCUT2D eigenvalue weighted by atomic mass is 19.4. The summed E-state index contributed by atoms with van der Waals surface area (Å²) in [4.78, 5) is 18.0. The number of hydrogen-bond acceptors (Lipinski definition) is 6. The maximum Gasteiger partial charge on any atom is 0.416 e. The van der Waals surface area contributed by atoms with E-state index in [9.17, 15) is 36.4 Å². The van der Waals surface area contributed by atoms with E-state index in [4.69, 9.17) is 0 Å². The van der Waals surface area contributed by atoms with Crippen LogP contribution in [0.1, 0.15) is 73.5 Å². The fourth-order valence-corrected chi connectivity index (χ4v) is 5.34. The number of halogens is 6. The summed E-state index contributed by atoms with van der Waals surface area (Å²) in [6, 6.07) is 7.27. The van der Waals surface area contributed by atoms with Crippen molar-refractivity contribution in [3.63, 3.8) is 0 Å². The molecule has 3 N–H and O–H groups in total. The summed E-state index contributed by atoms with van der Waals surface area (Å²) < 4.78 is 81.3. The van der Waals surface area contributed by atoms with Crippen LogP contribution in [-0.2, 0) is 18.9 Å². The summed E-state index contributed by atoms with van der Waals surface area (Å²) in [7, 11) is 0. The van der Waals surface area contributed by atoms with Crippen LogP contribution >= 0.6 is 0 Å². The summed E-state index contributed by atoms with van der Waals surface area (Å²) in [6.45, 7) is 6.52. The molecule has 4 rings (SSSR count). The van der Waals surface area contributed by atoms with E-state index in [1.165, 1.54) is 12.1 Å². The monoisotopic (exact) mass is 635 g/mol. The van der Waals surface area contributed by atoms with Crippen LogP contribution in [0, 0.1) is 22.8 Å². The molecular weight excluding hydrogens is 604 g/mol. The normalized spacial score (nSPS) is 17.8. The fourth-order valence-electron chi connectivity index (χ4n) is 5.34. The van der Waals surface area contributed by atoms with Crippen LogP contribution in [0.2, 0.25) is 0 Å². The second kappa shape index (κ2) is 13.1. The molecular formula is C29H31F6N9O. The molecule has 0 radical (unpaired) electrons. The van der Waals surface area contributed by atoms with Crippen molar-refractivity contribution in [3.05, 3.63) is 64.7 Å². The Balaban J connectivity index is 1.66. The number of aromatic amines is 1. The number of nitriles is 1. The lowest BCUT2D eigenvalue weighted by atomic mass is 9.71. The zero-order valence-electron chi connectivity index (χ0n) is 24.6. The number of rotatable bonds is 6. The van der Waals surface area contributed by atoms with Crippen LogP contribution in [0.3, 0.4) is 0 Å². The van der Waals surface area contributed by atoms with Crippen LogP contribution in [-0.4, -0.2) is 43.4 Å². The number of guanidine groups is 1. The van der Waals surface area contributed by atoms with Crippen LogP contribution in [0.15, 0.2) is 47.5 Å². The van der Waals surface area contributed by atoms with E-state index in [-0.39, 0.29) is 41.5 Å². The van der Waals surface area contributed by atoms with E-state index in [1.54, 1.807) is 23.2 Å². The summed E-state index contributed by atoms with van der Waals surface area (Å²) in [5, 5.41) is 27.5. The van der Waals surface area contributed by atoms with Gasteiger partial charge >= 0.3 is 12.4 Å². The maximum atomic E-state index is 13.6. The largest absolute Gasteiger partial charge is 0.416 e. The molecule has 1 amide bonds. The molecule has 0 spiro atoms. The van der Waals surface area contributed by atoms with Crippen molar-refractivity contribution < 1.29 is 31.1 Å². The number of aromatic nitrogens is 4. The van der Waals surface area contributed by atoms with Crippen LogP contribution in [0.5, 0.6) is 0 Å². The Kier molecular flexibility index (Phi) is 9.69. The molecule has 0 aliphatic heterocycles. The zero-order chi connectivity index (χ0) is 33.0. The van der Waals surface area contributed by atoms with Gasteiger partial charge in [0.25, 0.3) is 11.9 Å². The predicted octanol–water partition coefficient (Wildman–Crippen LogP) is 6.85. The highest BCUT2D eigenvalue weighted by Gasteiger charge is 2.38. The van der Waals surface area contributed by atoms with Gasteiger partial charge in [-0.05, 0) is 78.1 Å². The lowest BCUT2D eigenvalue weighted by Gasteiger charge is -2.42. The number of nitrogens with one attached hydrogen (secondary N) is 3. The number of H-pyrrole nitrogens is 1. The van der Waals surface area contributed by atoms with Crippen LogP contribution < -0.4 is 10.6 Å².